The van der Waals surface area contributed by atoms with Crippen LogP contribution in [0.15, 0.2) is 89.4 Å². The highest BCUT2D eigenvalue weighted by Gasteiger charge is 2.13. The number of pyridine rings is 1. The van der Waals surface area contributed by atoms with Crippen LogP contribution in [0.5, 0.6) is 11.5 Å². The normalized spacial score (nSPS) is 10.3. The van der Waals surface area contributed by atoms with E-state index in [1.165, 1.54) is 0 Å². The maximum absolute atomic E-state index is 9.56. The summed E-state index contributed by atoms with van der Waals surface area (Å²) in [5.74, 6) is 1.72. The Labute approximate surface area is 177 Å². The second-order valence-electron chi connectivity index (χ2n) is 6.37. The molecule has 0 aliphatic carbocycles. The molecule has 4 rings (SSSR count). The first-order chi connectivity index (χ1) is 14.1. The number of nitrogen functional groups attached to an aromatic ring is 1. The molecular formula is C24H16BrN3O. The molecule has 0 bridgehead atoms. The lowest BCUT2D eigenvalue weighted by molar-refractivity contribution is 0.483. The second kappa shape index (κ2) is 8.17. The van der Waals surface area contributed by atoms with Gasteiger partial charge in [0.25, 0.3) is 0 Å². The van der Waals surface area contributed by atoms with Gasteiger partial charge in [-0.05, 0) is 60.2 Å². The Morgan fingerprint density at radius 1 is 0.828 bits per heavy atom. The Kier molecular flexibility index (Phi) is 5.28. The summed E-state index contributed by atoms with van der Waals surface area (Å²) in [6.07, 6.45) is 0. The van der Waals surface area contributed by atoms with Gasteiger partial charge < -0.3 is 10.5 Å². The van der Waals surface area contributed by atoms with Gasteiger partial charge in [0.2, 0.25) is 0 Å². The Bertz CT molecular complexity index is 1180. The van der Waals surface area contributed by atoms with Crippen LogP contribution in [0, 0.1) is 11.3 Å². The molecule has 0 atom stereocenters. The Morgan fingerprint density at radius 2 is 1.45 bits per heavy atom. The van der Waals surface area contributed by atoms with Gasteiger partial charge in [-0.25, -0.2) is 4.98 Å². The van der Waals surface area contributed by atoms with Gasteiger partial charge in [-0.15, -0.1) is 0 Å². The van der Waals surface area contributed by atoms with Crippen LogP contribution in [-0.4, -0.2) is 4.98 Å². The summed E-state index contributed by atoms with van der Waals surface area (Å²) in [5.41, 5.74) is 9.73. The summed E-state index contributed by atoms with van der Waals surface area (Å²) in [6.45, 7) is 0. The zero-order chi connectivity index (χ0) is 20.2. The van der Waals surface area contributed by atoms with Crippen LogP contribution in [0.25, 0.3) is 22.4 Å². The molecule has 0 amide bonds. The van der Waals surface area contributed by atoms with E-state index in [-0.39, 0.29) is 5.82 Å². The zero-order valence-corrected chi connectivity index (χ0v) is 16.9. The summed E-state index contributed by atoms with van der Waals surface area (Å²) in [4.78, 5) is 4.44. The molecule has 0 fully saturated rings. The molecule has 4 nitrogen and oxygen atoms in total. The zero-order valence-electron chi connectivity index (χ0n) is 15.3. The van der Waals surface area contributed by atoms with Crippen molar-refractivity contribution in [2.45, 2.75) is 0 Å². The lowest BCUT2D eigenvalue weighted by Gasteiger charge is -2.11. The number of para-hydroxylation sites is 1. The first-order valence-electron chi connectivity index (χ1n) is 8.94. The van der Waals surface area contributed by atoms with Gasteiger partial charge in [0.1, 0.15) is 28.9 Å². The molecule has 0 saturated carbocycles. The second-order valence-corrected chi connectivity index (χ2v) is 7.29. The van der Waals surface area contributed by atoms with Crippen molar-refractivity contribution >= 4 is 21.7 Å². The molecule has 4 aromatic rings. The Balaban J connectivity index is 1.70. The van der Waals surface area contributed by atoms with Gasteiger partial charge in [0.15, 0.2) is 0 Å². The molecule has 0 saturated heterocycles. The summed E-state index contributed by atoms with van der Waals surface area (Å²) in [6, 6.07) is 29.1. The van der Waals surface area contributed by atoms with Crippen LogP contribution in [-0.2, 0) is 0 Å². The third-order valence-electron chi connectivity index (χ3n) is 4.44. The van der Waals surface area contributed by atoms with Crippen molar-refractivity contribution in [1.82, 2.24) is 4.98 Å². The number of ether oxygens (including phenoxy) is 1. The van der Waals surface area contributed by atoms with E-state index in [2.05, 4.69) is 27.0 Å². The Hall–Kier alpha value is -3.62. The van der Waals surface area contributed by atoms with Gasteiger partial charge in [0.05, 0.1) is 5.69 Å². The van der Waals surface area contributed by atoms with Crippen LogP contribution >= 0.6 is 15.9 Å². The quantitative estimate of drug-likeness (QED) is 0.396. The summed E-state index contributed by atoms with van der Waals surface area (Å²) in [5, 5.41) is 9.56. The predicted molar refractivity (Wildman–Crippen MR) is 118 cm³/mol. The number of rotatable bonds is 4. The van der Waals surface area contributed by atoms with Gasteiger partial charge in [0, 0.05) is 15.6 Å². The molecule has 0 aliphatic rings. The fourth-order valence-electron chi connectivity index (χ4n) is 3.01. The van der Waals surface area contributed by atoms with Crippen molar-refractivity contribution < 1.29 is 4.74 Å². The van der Waals surface area contributed by atoms with Crippen molar-refractivity contribution in [3.05, 3.63) is 95.0 Å². The molecular weight excluding hydrogens is 426 g/mol. The first-order valence-corrected chi connectivity index (χ1v) is 9.73. The average molecular weight is 442 g/mol. The molecule has 1 heterocycles. The van der Waals surface area contributed by atoms with Crippen LogP contribution in [0.4, 0.5) is 5.82 Å². The molecule has 29 heavy (non-hydrogen) atoms. The number of hydrogen-bond acceptors (Lipinski definition) is 4. The number of hydrogen-bond donors (Lipinski definition) is 1. The standard InChI is InChI=1S/C24H16BrN3O/c25-18-10-6-16(7-11-18)21-14-23(28-24(27)22(21)15-26)17-8-12-20(13-9-17)29-19-4-2-1-3-5-19/h1-14H,(H2,27,28). The minimum atomic E-state index is 0.215. The number of nitriles is 1. The number of nitrogens with zero attached hydrogens (tertiary/aromatic N) is 2. The van der Waals surface area contributed by atoms with Gasteiger partial charge in [-0.1, -0.05) is 46.3 Å². The van der Waals surface area contributed by atoms with E-state index in [9.17, 15) is 5.26 Å². The number of benzene rings is 3. The molecule has 0 spiro atoms. The maximum Gasteiger partial charge on any atom is 0.142 e. The van der Waals surface area contributed by atoms with Crippen molar-refractivity contribution in [3.8, 4) is 40.0 Å². The topological polar surface area (TPSA) is 71.9 Å². The van der Waals surface area contributed by atoms with E-state index in [1.54, 1.807) is 0 Å². The lowest BCUT2D eigenvalue weighted by atomic mass is 9.98. The fourth-order valence-corrected chi connectivity index (χ4v) is 3.27. The molecule has 0 aliphatic heterocycles. The van der Waals surface area contributed by atoms with E-state index < -0.39 is 0 Å². The van der Waals surface area contributed by atoms with Crippen molar-refractivity contribution in [1.29, 1.82) is 5.26 Å². The summed E-state index contributed by atoms with van der Waals surface area (Å²) in [7, 11) is 0. The SMILES string of the molecule is N#Cc1c(-c2ccc(Br)cc2)cc(-c2ccc(Oc3ccccc3)cc2)nc1N. The molecule has 3 aromatic carbocycles. The van der Waals surface area contributed by atoms with Gasteiger partial charge >= 0.3 is 0 Å². The molecule has 1 aromatic heterocycles. The molecule has 5 heteroatoms. The highest BCUT2D eigenvalue weighted by atomic mass is 79.9. The molecule has 2 N–H and O–H groups in total. The number of halogens is 1. The fraction of sp³-hybridized carbons (Fsp3) is 0. The third kappa shape index (κ3) is 4.13. The van der Waals surface area contributed by atoms with E-state index in [4.69, 9.17) is 10.5 Å². The van der Waals surface area contributed by atoms with Gasteiger partial charge in [-0.3, -0.25) is 0 Å². The monoisotopic (exact) mass is 441 g/mol. The van der Waals surface area contributed by atoms with Crippen LogP contribution in [0.2, 0.25) is 0 Å². The maximum atomic E-state index is 9.56. The van der Waals surface area contributed by atoms with Gasteiger partial charge in [-0.2, -0.15) is 5.26 Å². The molecule has 0 radical (unpaired) electrons. The number of anilines is 1. The van der Waals surface area contributed by atoms with Crippen LogP contribution in [0.3, 0.4) is 0 Å². The smallest absolute Gasteiger partial charge is 0.142 e. The summed E-state index contributed by atoms with van der Waals surface area (Å²) >= 11 is 3.44. The van der Waals surface area contributed by atoms with Crippen molar-refractivity contribution in [2.24, 2.45) is 0 Å². The first kappa shape index (κ1) is 18.7. The Morgan fingerprint density at radius 3 is 2.10 bits per heavy atom. The minimum absolute atomic E-state index is 0.215. The van der Waals surface area contributed by atoms with Crippen molar-refractivity contribution in [3.63, 3.8) is 0 Å². The van der Waals surface area contributed by atoms with Crippen molar-refractivity contribution in [2.75, 3.05) is 5.73 Å². The predicted octanol–water partition coefficient (Wildman–Crippen LogP) is 6.42. The van der Waals surface area contributed by atoms with E-state index in [0.717, 1.165) is 32.7 Å². The summed E-state index contributed by atoms with van der Waals surface area (Å²) < 4.78 is 6.81. The van der Waals surface area contributed by atoms with E-state index in [1.807, 2.05) is 84.9 Å². The highest BCUT2D eigenvalue weighted by Crippen LogP contribution is 2.32. The highest BCUT2D eigenvalue weighted by molar-refractivity contribution is 9.10. The largest absolute Gasteiger partial charge is 0.457 e. The van der Waals surface area contributed by atoms with Crippen LogP contribution in [0.1, 0.15) is 5.56 Å². The van der Waals surface area contributed by atoms with E-state index in [0.29, 0.717) is 11.3 Å². The minimum Gasteiger partial charge on any atom is -0.457 e. The third-order valence-corrected chi connectivity index (χ3v) is 4.97. The lowest BCUT2D eigenvalue weighted by Crippen LogP contribution is -1.99. The molecule has 0 unspecified atom stereocenters. The number of aromatic nitrogens is 1. The average Bonchev–Trinajstić information content (AvgIpc) is 2.75. The van der Waals surface area contributed by atoms with E-state index >= 15 is 0 Å². The number of nitrogens with two attached hydrogens (primary N) is 1. The van der Waals surface area contributed by atoms with Crippen LogP contribution < -0.4 is 10.5 Å². The molecule has 140 valence electrons.